The van der Waals surface area contributed by atoms with E-state index in [1.54, 1.807) is 18.2 Å². The summed E-state index contributed by atoms with van der Waals surface area (Å²) in [6.07, 6.45) is 1.64. The first-order valence-corrected chi connectivity index (χ1v) is 12.4. The molecule has 0 saturated carbocycles. The van der Waals surface area contributed by atoms with Gasteiger partial charge >= 0.3 is 0 Å². The largest absolute Gasteiger partial charge is 0.493 e. The number of thioether (sulfide) groups is 1. The molecule has 1 aliphatic rings. The second-order valence-corrected chi connectivity index (χ2v) is 10.0. The van der Waals surface area contributed by atoms with Crippen molar-refractivity contribution >= 4 is 56.5 Å². The number of benzene rings is 3. The van der Waals surface area contributed by atoms with Gasteiger partial charge in [0.2, 0.25) is 0 Å². The van der Waals surface area contributed by atoms with E-state index in [9.17, 15) is 9.59 Å². The van der Waals surface area contributed by atoms with Crippen LogP contribution in [0, 0.1) is 6.92 Å². The Morgan fingerprint density at radius 2 is 1.71 bits per heavy atom. The van der Waals surface area contributed by atoms with Crippen LogP contribution in [0.2, 0.25) is 5.02 Å². The Morgan fingerprint density at radius 1 is 1.03 bits per heavy atom. The summed E-state index contributed by atoms with van der Waals surface area (Å²) in [6.45, 7) is 2.58. The third-order valence-electron chi connectivity index (χ3n) is 5.18. The van der Waals surface area contributed by atoms with E-state index in [2.05, 4.69) is 15.9 Å². The van der Waals surface area contributed by atoms with Crippen LogP contribution >= 0.6 is 39.3 Å². The average Bonchev–Trinajstić information content (AvgIpc) is 3.07. The van der Waals surface area contributed by atoms with E-state index in [0.29, 0.717) is 33.6 Å². The summed E-state index contributed by atoms with van der Waals surface area (Å²) >= 11 is 10.8. The molecule has 3 aromatic carbocycles. The van der Waals surface area contributed by atoms with Crippen molar-refractivity contribution in [3.8, 4) is 11.5 Å². The van der Waals surface area contributed by atoms with Gasteiger partial charge in [-0.1, -0.05) is 69.5 Å². The standard InChI is InChI=1S/C26H21BrClNO4S/c1-16-3-5-18(6-4-16)15-33-24-21(28)11-19(12-22(24)32-2)13-23-25(30)29(26(31)34-23)14-17-7-9-20(27)10-8-17/h3-13H,14-15H2,1-2H3/b23-13-. The normalized spacial score (nSPS) is 14.7. The van der Waals surface area contributed by atoms with Gasteiger partial charge in [-0.3, -0.25) is 14.5 Å². The summed E-state index contributed by atoms with van der Waals surface area (Å²) in [6, 6.07) is 18.9. The maximum atomic E-state index is 12.9. The van der Waals surface area contributed by atoms with Crippen molar-refractivity contribution in [1.82, 2.24) is 4.90 Å². The molecule has 0 bridgehead atoms. The maximum Gasteiger partial charge on any atom is 0.293 e. The lowest BCUT2D eigenvalue weighted by Crippen LogP contribution is -2.27. The fourth-order valence-corrected chi connectivity index (χ4v) is 4.74. The highest BCUT2D eigenvalue weighted by atomic mass is 79.9. The topological polar surface area (TPSA) is 55.8 Å². The highest BCUT2D eigenvalue weighted by molar-refractivity contribution is 9.10. The molecule has 1 heterocycles. The van der Waals surface area contributed by atoms with Crippen molar-refractivity contribution in [3.05, 3.63) is 97.3 Å². The van der Waals surface area contributed by atoms with Crippen LogP contribution in [0.3, 0.4) is 0 Å². The summed E-state index contributed by atoms with van der Waals surface area (Å²) in [5.74, 6) is 0.526. The summed E-state index contributed by atoms with van der Waals surface area (Å²) in [5.41, 5.74) is 3.68. The summed E-state index contributed by atoms with van der Waals surface area (Å²) < 4.78 is 12.3. The maximum absolute atomic E-state index is 12.9. The number of hydrogen-bond acceptors (Lipinski definition) is 5. The fourth-order valence-electron chi connectivity index (χ4n) is 3.36. The molecule has 0 atom stereocenters. The number of amides is 2. The van der Waals surface area contributed by atoms with Gasteiger partial charge in [-0.05, 0) is 65.7 Å². The van der Waals surface area contributed by atoms with Gasteiger partial charge in [0.1, 0.15) is 6.61 Å². The van der Waals surface area contributed by atoms with Crippen LogP contribution in [0.15, 0.2) is 70.0 Å². The number of nitrogens with zero attached hydrogens (tertiary/aromatic N) is 1. The third kappa shape index (κ3) is 5.66. The molecule has 1 saturated heterocycles. The third-order valence-corrected chi connectivity index (χ3v) is 6.90. The summed E-state index contributed by atoms with van der Waals surface area (Å²) in [7, 11) is 1.53. The van der Waals surface area contributed by atoms with Crippen LogP contribution in [0.1, 0.15) is 22.3 Å². The zero-order valence-electron chi connectivity index (χ0n) is 18.5. The van der Waals surface area contributed by atoms with Crippen molar-refractivity contribution in [2.45, 2.75) is 20.1 Å². The minimum atomic E-state index is -0.340. The predicted octanol–water partition coefficient (Wildman–Crippen LogP) is 7.24. The molecule has 0 unspecified atom stereocenters. The monoisotopic (exact) mass is 557 g/mol. The van der Waals surface area contributed by atoms with Gasteiger partial charge in [0.15, 0.2) is 11.5 Å². The predicted molar refractivity (Wildman–Crippen MR) is 139 cm³/mol. The number of halogens is 2. The molecule has 0 aliphatic carbocycles. The lowest BCUT2D eigenvalue weighted by atomic mass is 10.1. The van der Waals surface area contributed by atoms with E-state index in [-0.39, 0.29) is 17.7 Å². The molecule has 1 aliphatic heterocycles. The van der Waals surface area contributed by atoms with Gasteiger partial charge in [0.05, 0.1) is 23.6 Å². The van der Waals surface area contributed by atoms with E-state index in [0.717, 1.165) is 27.4 Å². The van der Waals surface area contributed by atoms with Crippen LogP contribution in [0.4, 0.5) is 4.79 Å². The number of carbonyl (C=O) groups excluding carboxylic acids is 2. The Kier molecular flexibility index (Phi) is 7.66. The number of aryl methyl sites for hydroxylation is 1. The molecule has 0 radical (unpaired) electrons. The molecular formula is C26H21BrClNO4S. The van der Waals surface area contributed by atoms with Crippen LogP contribution in [-0.2, 0) is 17.9 Å². The Labute approximate surface area is 215 Å². The smallest absolute Gasteiger partial charge is 0.293 e. The first-order valence-electron chi connectivity index (χ1n) is 10.4. The van der Waals surface area contributed by atoms with Gasteiger partial charge in [-0.25, -0.2) is 0 Å². The molecule has 34 heavy (non-hydrogen) atoms. The molecule has 4 rings (SSSR count). The van der Waals surface area contributed by atoms with Gasteiger partial charge in [-0.15, -0.1) is 0 Å². The quantitative estimate of drug-likeness (QED) is 0.286. The fraction of sp³-hybridized carbons (Fsp3) is 0.154. The molecular weight excluding hydrogens is 538 g/mol. The van der Waals surface area contributed by atoms with Crippen molar-refractivity contribution in [2.75, 3.05) is 7.11 Å². The highest BCUT2D eigenvalue weighted by Gasteiger charge is 2.35. The van der Waals surface area contributed by atoms with E-state index in [4.69, 9.17) is 21.1 Å². The van der Waals surface area contributed by atoms with Gasteiger partial charge < -0.3 is 9.47 Å². The lowest BCUT2D eigenvalue weighted by Gasteiger charge is -2.14. The molecule has 2 amide bonds. The van der Waals surface area contributed by atoms with Crippen molar-refractivity contribution in [1.29, 1.82) is 0 Å². The van der Waals surface area contributed by atoms with Crippen LogP contribution in [0.25, 0.3) is 6.08 Å². The Hall–Kier alpha value is -2.74. The Balaban J connectivity index is 1.52. The molecule has 0 aromatic heterocycles. The molecule has 5 nitrogen and oxygen atoms in total. The first-order chi connectivity index (χ1) is 16.3. The second-order valence-electron chi connectivity index (χ2n) is 7.70. The van der Waals surface area contributed by atoms with Crippen molar-refractivity contribution in [2.24, 2.45) is 0 Å². The van der Waals surface area contributed by atoms with E-state index in [1.165, 1.54) is 17.6 Å². The number of hydrogen-bond donors (Lipinski definition) is 0. The highest BCUT2D eigenvalue weighted by Crippen LogP contribution is 2.39. The minimum Gasteiger partial charge on any atom is -0.493 e. The zero-order valence-corrected chi connectivity index (χ0v) is 21.7. The number of carbonyl (C=O) groups is 2. The number of rotatable bonds is 7. The molecule has 8 heteroatoms. The number of ether oxygens (including phenoxy) is 2. The van der Waals surface area contributed by atoms with Gasteiger partial charge in [-0.2, -0.15) is 0 Å². The van der Waals surface area contributed by atoms with Gasteiger partial charge in [0, 0.05) is 4.47 Å². The SMILES string of the molecule is COc1cc(/C=C2\SC(=O)N(Cc3ccc(Br)cc3)C2=O)cc(Cl)c1OCc1ccc(C)cc1. The van der Waals surface area contributed by atoms with E-state index >= 15 is 0 Å². The number of imide groups is 1. The molecule has 0 N–H and O–H groups in total. The Morgan fingerprint density at radius 3 is 2.38 bits per heavy atom. The second kappa shape index (κ2) is 10.7. The summed E-state index contributed by atoms with van der Waals surface area (Å²) in [4.78, 5) is 26.9. The van der Waals surface area contributed by atoms with Crippen molar-refractivity contribution in [3.63, 3.8) is 0 Å². The summed E-state index contributed by atoms with van der Waals surface area (Å²) in [5, 5.41) is 0.0436. The van der Waals surface area contributed by atoms with E-state index in [1.807, 2.05) is 55.5 Å². The van der Waals surface area contributed by atoms with Crippen LogP contribution in [-0.4, -0.2) is 23.2 Å². The van der Waals surface area contributed by atoms with Crippen molar-refractivity contribution < 1.29 is 19.1 Å². The lowest BCUT2D eigenvalue weighted by molar-refractivity contribution is -0.123. The van der Waals surface area contributed by atoms with Crippen LogP contribution < -0.4 is 9.47 Å². The molecule has 174 valence electrons. The molecule has 1 fully saturated rings. The average molecular weight is 559 g/mol. The number of methoxy groups -OCH3 is 1. The van der Waals surface area contributed by atoms with Gasteiger partial charge in [0.25, 0.3) is 11.1 Å². The zero-order chi connectivity index (χ0) is 24.2. The van der Waals surface area contributed by atoms with Crippen LogP contribution in [0.5, 0.6) is 11.5 Å². The minimum absolute atomic E-state index is 0.213. The molecule has 3 aromatic rings. The Bertz CT molecular complexity index is 1260. The van der Waals surface area contributed by atoms with E-state index < -0.39 is 0 Å². The molecule has 0 spiro atoms. The first kappa shape index (κ1) is 24.4.